The van der Waals surface area contributed by atoms with Crippen LogP contribution in [0, 0.1) is 5.92 Å². The number of anilines is 1. The van der Waals surface area contributed by atoms with Gasteiger partial charge in [-0.05, 0) is 55.5 Å². The molecule has 0 saturated carbocycles. The number of halogens is 1. The fraction of sp³-hybridized carbons (Fsp3) is 0.333. The minimum absolute atomic E-state index is 0.202. The normalized spacial score (nSPS) is 15.8. The third-order valence-electron chi connectivity index (χ3n) is 5.70. The van der Waals surface area contributed by atoms with E-state index in [4.69, 9.17) is 16.3 Å². The maximum absolute atomic E-state index is 12.6. The number of rotatable bonds is 9. The van der Waals surface area contributed by atoms with E-state index < -0.39 is 0 Å². The molecule has 1 atom stereocenters. The monoisotopic (exact) mass is 467 g/mol. The maximum atomic E-state index is 12.6. The highest BCUT2D eigenvalue weighted by atomic mass is 35.5. The second kappa shape index (κ2) is 11.0. The fourth-order valence-electron chi connectivity index (χ4n) is 3.98. The van der Waals surface area contributed by atoms with Crippen LogP contribution >= 0.6 is 11.6 Å². The smallest absolute Gasteiger partial charge is 0.258 e. The lowest BCUT2D eigenvalue weighted by molar-refractivity contribution is -0.109. The molecule has 33 heavy (non-hydrogen) atoms. The first-order valence-electron chi connectivity index (χ1n) is 11.0. The van der Waals surface area contributed by atoms with Crippen molar-refractivity contribution in [2.45, 2.75) is 25.9 Å². The Kier molecular flexibility index (Phi) is 7.57. The third kappa shape index (κ3) is 6.10. The number of ether oxygens (including phenoxy) is 1. The number of hydrogen-bond donors (Lipinski definition) is 1. The molecule has 1 amide bonds. The van der Waals surface area contributed by atoms with E-state index in [1.165, 1.54) is 10.6 Å². The second-order valence-electron chi connectivity index (χ2n) is 8.02. The second-order valence-corrected chi connectivity index (χ2v) is 8.45. The highest BCUT2D eigenvalue weighted by Gasteiger charge is 2.20. The Hall–Kier alpha value is -3.39. The number of nitrogens with zero attached hydrogens (tertiary/aromatic N) is 4. The van der Waals surface area contributed by atoms with Crippen molar-refractivity contribution in [3.8, 4) is 11.4 Å². The van der Waals surface area contributed by atoms with E-state index in [2.05, 4.69) is 20.2 Å². The van der Waals surface area contributed by atoms with Gasteiger partial charge in [0.25, 0.3) is 5.56 Å². The highest BCUT2D eigenvalue weighted by Crippen LogP contribution is 2.24. The molecule has 4 rings (SSSR count). The molecule has 0 aliphatic carbocycles. The molecule has 8 nitrogen and oxygen atoms in total. The van der Waals surface area contributed by atoms with Gasteiger partial charge in [-0.2, -0.15) is 0 Å². The Morgan fingerprint density at radius 2 is 2.09 bits per heavy atom. The molecule has 9 heteroatoms. The minimum Gasteiger partial charge on any atom is -0.487 e. The molecule has 1 saturated heterocycles. The summed E-state index contributed by atoms with van der Waals surface area (Å²) in [4.78, 5) is 34.1. The topological polar surface area (TPSA) is 89.4 Å². The number of aromatic nitrogens is 3. The van der Waals surface area contributed by atoms with Crippen LogP contribution in [0.5, 0.6) is 5.75 Å². The maximum Gasteiger partial charge on any atom is 0.258 e. The molecule has 0 bridgehead atoms. The lowest BCUT2D eigenvalue weighted by Crippen LogP contribution is -2.37. The molecule has 1 N–H and O–H groups in total. The van der Waals surface area contributed by atoms with Gasteiger partial charge in [-0.3, -0.25) is 19.1 Å². The number of nitrogens with one attached hydrogen (secondary N) is 1. The van der Waals surface area contributed by atoms with Gasteiger partial charge in [-0.1, -0.05) is 11.6 Å². The summed E-state index contributed by atoms with van der Waals surface area (Å²) in [6.45, 7) is 2.83. The molecule has 1 aliphatic rings. The van der Waals surface area contributed by atoms with Crippen LogP contribution < -0.4 is 20.5 Å². The molecule has 3 aromatic rings. The Balaban J connectivity index is 1.38. The summed E-state index contributed by atoms with van der Waals surface area (Å²) in [5.41, 5.74) is 1.22. The summed E-state index contributed by atoms with van der Waals surface area (Å²) >= 11 is 5.84. The van der Waals surface area contributed by atoms with E-state index in [1.54, 1.807) is 36.8 Å². The van der Waals surface area contributed by atoms with Crippen LogP contribution in [-0.2, 0) is 11.4 Å². The van der Waals surface area contributed by atoms with E-state index in [0.29, 0.717) is 28.9 Å². The van der Waals surface area contributed by atoms with Crippen LogP contribution in [0.1, 0.15) is 25.0 Å². The summed E-state index contributed by atoms with van der Waals surface area (Å²) in [6.07, 6.45) is 8.93. The van der Waals surface area contributed by atoms with Crippen molar-refractivity contribution in [1.82, 2.24) is 19.9 Å². The van der Waals surface area contributed by atoms with Gasteiger partial charge in [0.1, 0.15) is 18.2 Å². The number of carbonyl (C=O) groups is 1. The number of amides is 1. The average molecular weight is 468 g/mol. The highest BCUT2D eigenvalue weighted by molar-refractivity contribution is 6.30. The zero-order valence-corrected chi connectivity index (χ0v) is 18.9. The first-order chi connectivity index (χ1) is 16.1. The first kappa shape index (κ1) is 22.8. The summed E-state index contributed by atoms with van der Waals surface area (Å²) in [7, 11) is 0. The quantitative estimate of drug-likeness (QED) is 0.384. The molecular formula is C24H26ClN5O3. The van der Waals surface area contributed by atoms with Crippen LogP contribution in [0.2, 0.25) is 5.02 Å². The van der Waals surface area contributed by atoms with Gasteiger partial charge in [0.15, 0.2) is 0 Å². The number of carbonyl (C=O) groups excluding carboxylic acids is 1. The molecule has 1 unspecified atom stereocenters. The van der Waals surface area contributed by atoms with Crippen LogP contribution in [0.3, 0.4) is 0 Å². The Morgan fingerprint density at radius 3 is 2.82 bits per heavy atom. The lowest BCUT2D eigenvalue weighted by Gasteiger charge is -2.33. The van der Waals surface area contributed by atoms with E-state index in [0.717, 1.165) is 50.3 Å². The molecule has 1 fully saturated rings. The molecular weight excluding hydrogens is 442 g/mol. The van der Waals surface area contributed by atoms with Gasteiger partial charge in [0.05, 0.1) is 22.6 Å². The Morgan fingerprint density at radius 1 is 1.18 bits per heavy atom. The minimum atomic E-state index is -0.202. The molecule has 4 heterocycles. The SMILES string of the molecule is O=CNCCC1CCCN(c2ccc(-n3ccc(OCc4ccc(Cl)cn4)cc3=O)cn2)C1. The molecule has 0 aromatic carbocycles. The summed E-state index contributed by atoms with van der Waals surface area (Å²) in [5.74, 6) is 1.90. The van der Waals surface area contributed by atoms with Crippen molar-refractivity contribution in [3.05, 3.63) is 76.1 Å². The zero-order valence-electron chi connectivity index (χ0n) is 18.2. The number of piperidine rings is 1. The molecule has 172 valence electrons. The van der Waals surface area contributed by atoms with Gasteiger partial charge < -0.3 is 15.0 Å². The van der Waals surface area contributed by atoms with Crippen molar-refractivity contribution < 1.29 is 9.53 Å². The third-order valence-corrected chi connectivity index (χ3v) is 5.92. The Bertz CT molecular complexity index is 1120. The van der Waals surface area contributed by atoms with Crippen LogP contribution in [0.15, 0.2) is 59.8 Å². The lowest BCUT2D eigenvalue weighted by atomic mass is 9.95. The van der Waals surface area contributed by atoms with Crippen LogP contribution in [0.4, 0.5) is 5.82 Å². The fourth-order valence-corrected chi connectivity index (χ4v) is 4.09. The summed E-state index contributed by atoms with van der Waals surface area (Å²) in [5, 5.41) is 3.30. The largest absolute Gasteiger partial charge is 0.487 e. The standard InChI is InChI=1S/C24H26ClN5O3/c25-19-3-4-20(27-13-19)16-33-22-8-11-30(24(32)12-22)21-5-6-23(28-14-21)29-10-1-2-18(15-29)7-9-26-17-31/h3-6,8,11-14,17-18H,1-2,7,9-10,15-16H2,(H,26,31). The van der Waals surface area contributed by atoms with E-state index in [1.807, 2.05) is 12.1 Å². The van der Waals surface area contributed by atoms with Gasteiger partial charge in [-0.25, -0.2) is 4.98 Å². The van der Waals surface area contributed by atoms with Crippen molar-refractivity contribution >= 4 is 23.8 Å². The van der Waals surface area contributed by atoms with Gasteiger partial charge >= 0.3 is 0 Å². The molecule has 1 aliphatic heterocycles. The number of pyridine rings is 3. The predicted octanol–water partition coefficient (Wildman–Crippen LogP) is 3.21. The van der Waals surface area contributed by atoms with Gasteiger partial charge in [-0.15, -0.1) is 0 Å². The van der Waals surface area contributed by atoms with E-state index in [-0.39, 0.29) is 12.2 Å². The number of hydrogen-bond acceptors (Lipinski definition) is 6. The zero-order chi connectivity index (χ0) is 23.0. The van der Waals surface area contributed by atoms with Crippen molar-refractivity contribution in [1.29, 1.82) is 0 Å². The first-order valence-corrected chi connectivity index (χ1v) is 11.3. The summed E-state index contributed by atoms with van der Waals surface area (Å²) in [6, 6.07) is 10.6. The van der Waals surface area contributed by atoms with Crippen molar-refractivity contribution in [3.63, 3.8) is 0 Å². The van der Waals surface area contributed by atoms with Crippen LogP contribution in [-0.4, -0.2) is 40.6 Å². The summed E-state index contributed by atoms with van der Waals surface area (Å²) < 4.78 is 7.22. The Labute approximate surface area is 197 Å². The van der Waals surface area contributed by atoms with E-state index >= 15 is 0 Å². The molecule has 3 aromatic heterocycles. The molecule has 0 radical (unpaired) electrons. The van der Waals surface area contributed by atoms with Gasteiger partial charge in [0, 0.05) is 38.1 Å². The molecule has 0 spiro atoms. The average Bonchev–Trinajstić information content (AvgIpc) is 2.84. The van der Waals surface area contributed by atoms with Crippen LogP contribution in [0.25, 0.3) is 5.69 Å². The van der Waals surface area contributed by atoms with Crippen molar-refractivity contribution in [2.24, 2.45) is 5.92 Å². The van der Waals surface area contributed by atoms with E-state index in [9.17, 15) is 9.59 Å². The van der Waals surface area contributed by atoms with Gasteiger partial charge in [0.2, 0.25) is 6.41 Å². The van der Waals surface area contributed by atoms with Crippen molar-refractivity contribution in [2.75, 3.05) is 24.5 Å². The predicted molar refractivity (Wildman–Crippen MR) is 127 cm³/mol.